The molecule has 2 rings (SSSR count). The Labute approximate surface area is 177 Å². The van der Waals surface area contributed by atoms with Crippen LogP contribution in [0.3, 0.4) is 0 Å². The van der Waals surface area contributed by atoms with Gasteiger partial charge in [-0.05, 0) is 35.9 Å². The lowest BCUT2D eigenvalue weighted by Crippen LogP contribution is -2.20. The van der Waals surface area contributed by atoms with Gasteiger partial charge in [-0.2, -0.15) is 8.78 Å². The summed E-state index contributed by atoms with van der Waals surface area (Å²) in [5, 5.41) is 2.57. The Morgan fingerprint density at radius 1 is 0.935 bits per heavy atom. The van der Waals surface area contributed by atoms with Gasteiger partial charge in [-0.15, -0.1) is 0 Å². The minimum Gasteiger partial charge on any atom is -0.493 e. The van der Waals surface area contributed by atoms with E-state index in [4.69, 9.17) is 18.9 Å². The lowest BCUT2D eigenvalue weighted by atomic mass is 10.2. The number of halogens is 2. The zero-order valence-corrected chi connectivity index (χ0v) is 17.0. The number of methoxy groups -OCH3 is 3. The van der Waals surface area contributed by atoms with Gasteiger partial charge in [-0.3, -0.25) is 4.79 Å². The van der Waals surface area contributed by atoms with Gasteiger partial charge in [0.1, 0.15) is 0 Å². The fourth-order valence-corrected chi connectivity index (χ4v) is 2.44. The van der Waals surface area contributed by atoms with E-state index in [1.807, 2.05) is 0 Å². The van der Waals surface area contributed by atoms with Gasteiger partial charge in [0.25, 0.3) is 5.91 Å². The number of esters is 1. The lowest BCUT2D eigenvalue weighted by Gasteiger charge is -2.10. The molecule has 2 aromatic rings. The highest BCUT2D eigenvalue weighted by molar-refractivity contribution is 5.94. The van der Waals surface area contributed by atoms with Crippen LogP contribution in [-0.2, 0) is 14.3 Å². The number of nitrogens with one attached hydrogen (secondary N) is 1. The van der Waals surface area contributed by atoms with E-state index in [9.17, 15) is 18.4 Å². The maximum absolute atomic E-state index is 12.4. The van der Waals surface area contributed by atoms with Gasteiger partial charge in [0.15, 0.2) is 29.6 Å². The molecule has 0 aromatic heterocycles. The lowest BCUT2D eigenvalue weighted by molar-refractivity contribution is -0.142. The topological polar surface area (TPSA) is 92.3 Å². The number of hydrogen-bond donors (Lipinski definition) is 1. The van der Waals surface area contributed by atoms with Gasteiger partial charge < -0.3 is 29.0 Å². The molecule has 0 aliphatic rings. The second-order valence-corrected chi connectivity index (χ2v) is 5.85. The molecule has 2 aromatic carbocycles. The molecule has 0 radical (unpaired) electrons. The van der Waals surface area contributed by atoms with Crippen molar-refractivity contribution in [2.45, 2.75) is 6.61 Å². The molecule has 0 heterocycles. The maximum Gasteiger partial charge on any atom is 0.387 e. The first-order valence-corrected chi connectivity index (χ1v) is 8.85. The fourth-order valence-electron chi connectivity index (χ4n) is 2.44. The highest BCUT2D eigenvalue weighted by atomic mass is 19.3. The van der Waals surface area contributed by atoms with Crippen molar-refractivity contribution in [2.75, 3.05) is 33.3 Å². The van der Waals surface area contributed by atoms with Crippen LogP contribution in [0.15, 0.2) is 42.5 Å². The quantitative estimate of drug-likeness (QED) is 0.449. The molecule has 31 heavy (non-hydrogen) atoms. The number of anilines is 1. The number of alkyl halides is 2. The van der Waals surface area contributed by atoms with Crippen molar-refractivity contribution in [3.8, 4) is 23.0 Å². The average molecular weight is 437 g/mol. The van der Waals surface area contributed by atoms with E-state index in [0.717, 1.165) is 6.08 Å². The monoisotopic (exact) mass is 437 g/mol. The van der Waals surface area contributed by atoms with Crippen molar-refractivity contribution in [3.63, 3.8) is 0 Å². The Morgan fingerprint density at radius 3 is 2.23 bits per heavy atom. The van der Waals surface area contributed by atoms with Crippen molar-refractivity contribution < 1.29 is 42.1 Å². The van der Waals surface area contributed by atoms with Crippen LogP contribution in [0.1, 0.15) is 5.56 Å². The van der Waals surface area contributed by atoms with Crippen molar-refractivity contribution in [2.24, 2.45) is 0 Å². The summed E-state index contributed by atoms with van der Waals surface area (Å²) in [6, 6.07) is 8.93. The summed E-state index contributed by atoms with van der Waals surface area (Å²) in [7, 11) is 4.25. The summed E-state index contributed by atoms with van der Waals surface area (Å²) in [5.41, 5.74) is 0.914. The van der Waals surface area contributed by atoms with E-state index >= 15 is 0 Å². The summed E-state index contributed by atoms with van der Waals surface area (Å²) in [6.45, 7) is -3.50. The summed E-state index contributed by atoms with van der Waals surface area (Å²) in [5.74, 6) is -0.448. The SMILES string of the molecule is COc1ccc(NC(=O)COC(=O)/C=C/c2ccc(OC(F)F)c(OC)c2)cc1OC. The molecule has 0 atom stereocenters. The first-order chi connectivity index (χ1) is 14.9. The maximum atomic E-state index is 12.4. The normalized spacial score (nSPS) is 10.6. The van der Waals surface area contributed by atoms with Crippen molar-refractivity contribution in [1.29, 1.82) is 0 Å². The molecule has 0 unspecified atom stereocenters. The van der Waals surface area contributed by atoms with Gasteiger partial charge in [0.2, 0.25) is 0 Å². The van der Waals surface area contributed by atoms with Gasteiger partial charge in [-0.25, -0.2) is 4.79 Å². The van der Waals surface area contributed by atoms with Gasteiger partial charge >= 0.3 is 12.6 Å². The Morgan fingerprint density at radius 2 is 1.58 bits per heavy atom. The van der Waals surface area contributed by atoms with Crippen molar-refractivity contribution >= 4 is 23.6 Å². The van der Waals surface area contributed by atoms with Crippen molar-refractivity contribution in [1.82, 2.24) is 0 Å². The summed E-state index contributed by atoms with van der Waals surface area (Å²) >= 11 is 0. The molecule has 0 spiro atoms. The minimum absolute atomic E-state index is 0.0742. The van der Waals surface area contributed by atoms with Crippen LogP contribution in [0, 0.1) is 0 Å². The molecule has 8 nitrogen and oxygen atoms in total. The van der Waals surface area contributed by atoms with E-state index in [1.165, 1.54) is 45.6 Å². The zero-order valence-electron chi connectivity index (χ0n) is 17.0. The van der Waals surface area contributed by atoms with Crippen molar-refractivity contribution in [3.05, 3.63) is 48.0 Å². The Hall–Kier alpha value is -3.82. The predicted molar refractivity (Wildman–Crippen MR) is 108 cm³/mol. The Bertz CT molecular complexity index is 947. The third kappa shape index (κ3) is 7.18. The largest absolute Gasteiger partial charge is 0.493 e. The molecule has 0 saturated carbocycles. The van der Waals surface area contributed by atoms with Crippen LogP contribution in [0.25, 0.3) is 6.08 Å². The summed E-state index contributed by atoms with van der Waals surface area (Å²) in [4.78, 5) is 23.8. The molecule has 0 aliphatic carbocycles. The van der Waals surface area contributed by atoms with Gasteiger partial charge in [0.05, 0.1) is 21.3 Å². The number of carbonyl (C=O) groups excluding carboxylic acids is 2. The Kier molecular flexibility index (Phi) is 8.62. The summed E-state index contributed by atoms with van der Waals surface area (Å²) in [6.07, 6.45) is 2.47. The molecular weight excluding hydrogens is 416 g/mol. The molecule has 166 valence electrons. The van der Waals surface area contributed by atoms with Gasteiger partial charge in [-0.1, -0.05) is 6.07 Å². The summed E-state index contributed by atoms with van der Waals surface area (Å²) < 4.78 is 49.2. The van der Waals surface area contributed by atoms with Crippen LogP contribution >= 0.6 is 0 Å². The molecule has 10 heteroatoms. The van der Waals surface area contributed by atoms with Crippen LogP contribution < -0.4 is 24.3 Å². The fraction of sp³-hybridized carbons (Fsp3) is 0.238. The second-order valence-electron chi connectivity index (χ2n) is 5.85. The number of benzene rings is 2. The highest BCUT2D eigenvalue weighted by Crippen LogP contribution is 2.30. The van der Waals surface area contributed by atoms with Crippen LogP contribution in [-0.4, -0.2) is 46.4 Å². The number of ether oxygens (including phenoxy) is 5. The molecule has 1 N–H and O–H groups in total. The van der Waals surface area contributed by atoms with E-state index in [0.29, 0.717) is 22.7 Å². The zero-order chi connectivity index (χ0) is 22.8. The third-order valence-corrected chi connectivity index (χ3v) is 3.83. The van der Waals surface area contributed by atoms with Gasteiger partial charge in [0, 0.05) is 17.8 Å². The smallest absolute Gasteiger partial charge is 0.387 e. The molecule has 0 aliphatic heterocycles. The van der Waals surface area contributed by atoms with E-state index in [-0.39, 0.29) is 11.5 Å². The number of carbonyl (C=O) groups is 2. The molecular formula is C21H21F2NO7. The molecule has 0 bridgehead atoms. The number of amides is 1. The molecule has 1 amide bonds. The third-order valence-electron chi connectivity index (χ3n) is 3.83. The minimum atomic E-state index is -2.99. The predicted octanol–water partition coefficient (Wildman–Crippen LogP) is 3.51. The first-order valence-electron chi connectivity index (χ1n) is 8.85. The van der Waals surface area contributed by atoms with Crippen LogP contribution in [0.5, 0.6) is 23.0 Å². The number of hydrogen-bond acceptors (Lipinski definition) is 7. The number of rotatable bonds is 10. The highest BCUT2D eigenvalue weighted by Gasteiger charge is 2.11. The molecule has 0 fully saturated rings. The molecule has 0 saturated heterocycles. The first kappa shape index (κ1) is 23.5. The second kappa shape index (κ2) is 11.4. The van der Waals surface area contributed by atoms with E-state index < -0.39 is 25.1 Å². The van der Waals surface area contributed by atoms with Crippen LogP contribution in [0.2, 0.25) is 0 Å². The standard InChI is InChI=1S/C21H21F2NO7/c1-27-15-8-6-14(11-18(15)29-3)24-19(25)12-30-20(26)9-5-13-4-7-16(31-21(22)23)17(10-13)28-2/h4-11,21H,12H2,1-3H3,(H,24,25)/b9-5+. The van der Waals surface area contributed by atoms with E-state index in [1.54, 1.807) is 18.2 Å². The van der Waals surface area contributed by atoms with Crippen LogP contribution in [0.4, 0.5) is 14.5 Å². The van der Waals surface area contributed by atoms with E-state index in [2.05, 4.69) is 10.1 Å². The Balaban J connectivity index is 1.90. The average Bonchev–Trinajstić information content (AvgIpc) is 2.76.